The zero-order chi connectivity index (χ0) is 15.5. The number of carbonyl (C=O) groups excluding carboxylic acids is 1. The minimum absolute atomic E-state index is 0.155. The molecule has 0 saturated heterocycles. The first-order valence-corrected chi connectivity index (χ1v) is 7.56. The van der Waals surface area contributed by atoms with Crippen LogP contribution in [0.2, 0.25) is 0 Å². The molecule has 1 saturated carbocycles. The molecule has 1 amide bonds. The molecule has 1 atom stereocenters. The molecule has 1 aliphatic rings. The minimum Gasteiger partial charge on any atom is -0.480 e. The van der Waals surface area contributed by atoms with Crippen LogP contribution in [0.25, 0.3) is 0 Å². The van der Waals surface area contributed by atoms with Gasteiger partial charge in [0.15, 0.2) is 0 Å². The fourth-order valence-electron chi connectivity index (χ4n) is 3.05. The highest BCUT2D eigenvalue weighted by molar-refractivity contribution is 5.93. The van der Waals surface area contributed by atoms with E-state index >= 15 is 0 Å². The third kappa shape index (κ3) is 2.80. The second kappa shape index (κ2) is 5.88. The van der Waals surface area contributed by atoms with E-state index in [1.165, 1.54) is 0 Å². The maximum Gasteiger partial charge on any atom is 0.329 e. The van der Waals surface area contributed by atoms with Gasteiger partial charge in [0.1, 0.15) is 5.54 Å². The smallest absolute Gasteiger partial charge is 0.329 e. The Morgan fingerprint density at radius 3 is 2.29 bits per heavy atom. The summed E-state index contributed by atoms with van der Waals surface area (Å²) in [6.45, 7) is 3.35. The van der Waals surface area contributed by atoms with Crippen LogP contribution in [0.4, 0.5) is 0 Å². The van der Waals surface area contributed by atoms with Crippen LogP contribution in [0.15, 0.2) is 30.3 Å². The van der Waals surface area contributed by atoms with E-state index in [2.05, 4.69) is 5.32 Å². The third-order valence-corrected chi connectivity index (χ3v) is 4.79. The number of nitrogens with one attached hydrogen (secondary N) is 1. The molecule has 21 heavy (non-hydrogen) atoms. The number of benzene rings is 1. The van der Waals surface area contributed by atoms with Gasteiger partial charge in [0.05, 0.1) is 5.41 Å². The zero-order valence-electron chi connectivity index (χ0n) is 12.7. The molecule has 2 rings (SSSR count). The summed E-state index contributed by atoms with van der Waals surface area (Å²) in [4.78, 5) is 24.3. The molecule has 0 heterocycles. The van der Waals surface area contributed by atoms with E-state index in [1.54, 1.807) is 13.8 Å². The highest BCUT2D eigenvalue weighted by Crippen LogP contribution is 2.41. The fourth-order valence-corrected chi connectivity index (χ4v) is 3.05. The predicted molar refractivity (Wildman–Crippen MR) is 81.1 cm³/mol. The first-order chi connectivity index (χ1) is 9.94. The van der Waals surface area contributed by atoms with Crippen molar-refractivity contribution in [1.29, 1.82) is 0 Å². The van der Waals surface area contributed by atoms with Gasteiger partial charge in [-0.3, -0.25) is 4.79 Å². The largest absolute Gasteiger partial charge is 0.480 e. The Labute approximate surface area is 125 Å². The van der Waals surface area contributed by atoms with Gasteiger partial charge in [-0.05, 0) is 31.7 Å². The van der Waals surface area contributed by atoms with E-state index in [1.807, 2.05) is 30.3 Å². The highest BCUT2D eigenvalue weighted by Gasteiger charge is 2.46. The predicted octanol–water partition coefficient (Wildman–Crippen LogP) is 2.87. The lowest BCUT2D eigenvalue weighted by atomic mass is 9.77. The molecule has 2 N–H and O–H groups in total. The van der Waals surface area contributed by atoms with Gasteiger partial charge in [-0.15, -0.1) is 0 Å². The van der Waals surface area contributed by atoms with Crippen molar-refractivity contribution in [3.05, 3.63) is 35.9 Å². The molecular weight excluding hydrogens is 266 g/mol. The standard InChI is InChI=1S/C17H23NO3/c1-3-16(2,15(20)21)18-14(19)17(11-7-8-12-17)13-9-5-4-6-10-13/h4-6,9-10H,3,7-8,11-12H2,1-2H3,(H,18,19)(H,20,21). The summed E-state index contributed by atoms with van der Waals surface area (Å²) >= 11 is 0. The Morgan fingerprint density at radius 1 is 1.24 bits per heavy atom. The molecule has 1 fully saturated rings. The summed E-state index contributed by atoms with van der Waals surface area (Å²) in [5.74, 6) is -1.14. The van der Waals surface area contributed by atoms with Crippen LogP contribution in [0.5, 0.6) is 0 Å². The molecule has 1 aromatic carbocycles. The Balaban J connectivity index is 2.32. The molecule has 114 valence electrons. The van der Waals surface area contributed by atoms with Gasteiger partial charge < -0.3 is 10.4 Å². The monoisotopic (exact) mass is 289 g/mol. The molecular formula is C17H23NO3. The molecule has 0 aliphatic heterocycles. The van der Waals surface area contributed by atoms with Gasteiger partial charge in [0.2, 0.25) is 5.91 Å². The Bertz CT molecular complexity index is 520. The van der Waals surface area contributed by atoms with E-state index in [0.29, 0.717) is 6.42 Å². The average Bonchev–Trinajstić information content (AvgIpc) is 2.98. The van der Waals surface area contributed by atoms with Gasteiger partial charge in [-0.25, -0.2) is 4.79 Å². The Hall–Kier alpha value is -1.84. The summed E-state index contributed by atoms with van der Waals surface area (Å²) < 4.78 is 0. The number of carboxylic acid groups (broad SMARTS) is 1. The van der Waals surface area contributed by atoms with Gasteiger partial charge in [-0.1, -0.05) is 50.1 Å². The molecule has 0 aromatic heterocycles. The number of rotatable bonds is 5. The Morgan fingerprint density at radius 2 is 1.81 bits per heavy atom. The molecule has 4 nitrogen and oxygen atoms in total. The first kappa shape index (κ1) is 15.5. The van der Waals surface area contributed by atoms with Crippen molar-refractivity contribution in [3.63, 3.8) is 0 Å². The maximum absolute atomic E-state index is 12.9. The lowest BCUT2D eigenvalue weighted by Gasteiger charge is -2.33. The fraction of sp³-hybridized carbons (Fsp3) is 0.529. The number of hydrogen-bond acceptors (Lipinski definition) is 2. The third-order valence-electron chi connectivity index (χ3n) is 4.79. The van der Waals surface area contributed by atoms with E-state index in [-0.39, 0.29) is 5.91 Å². The number of carboxylic acids is 1. The van der Waals surface area contributed by atoms with Crippen molar-refractivity contribution in [2.24, 2.45) is 0 Å². The summed E-state index contributed by atoms with van der Waals surface area (Å²) in [6, 6.07) is 9.72. The second-order valence-corrected chi connectivity index (χ2v) is 6.10. The van der Waals surface area contributed by atoms with Crippen molar-refractivity contribution in [2.75, 3.05) is 0 Å². The molecule has 0 bridgehead atoms. The molecule has 1 aromatic rings. The topological polar surface area (TPSA) is 66.4 Å². The van der Waals surface area contributed by atoms with Crippen LogP contribution in [0, 0.1) is 0 Å². The summed E-state index contributed by atoms with van der Waals surface area (Å²) in [5.41, 5.74) is -0.793. The van der Waals surface area contributed by atoms with E-state index in [4.69, 9.17) is 0 Å². The van der Waals surface area contributed by atoms with Crippen LogP contribution in [-0.4, -0.2) is 22.5 Å². The Kier molecular flexibility index (Phi) is 4.35. The van der Waals surface area contributed by atoms with Gasteiger partial charge in [0, 0.05) is 0 Å². The van der Waals surface area contributed by atoms with Crippen molar-refractivity contribution >= 4 is 11.9 Å². The lowest BCUT2D eigenvalue weighted by Crippen LogP contribution is -2.56. The molecule has 0 spiro atoms. The van der Waals surface area contributed by atoms with Crippen molar-refractivity contribution in [2.45, 2.75) is 56.9 Å². The summed E-state index contributed by atoms with van der Waals surface area (Å²) in [6.07, 6.45) is 3.92. The molecule has 4 heteroatoms. The zero-order valence-corrected chi connectivity index (χ0v) is 12.7. The maximum atomic E-state index is 12.9. The average molecular weight is 289 g/mol. The van der Waals surface area contributed by atoms with Crippen LogP contribution < -0.4 is 5.32 Å². The van der Waals surface area contributed by atoms with Crippen LogP contribution >= 0.6 is 0 Å². The molecule has 1 aliphatic carbocycles. The van der Waals surface area contributed by atoms with E-state index in [0.717, 1.165) is 31.2 Å². The summed E-state index contributed by atoms with van der Waals surface area (Å²) in [7, 11) is 0. The molecule has 0 radical (unpaired) electrons. The van der Waals surface area contributed by atoms with Crippen LogP contribution in [0.3, 0.4) is 0 Å². The van der Waals surface area contributed by atoms with Crippen LogP contribution in [-0.2, 0) is 15.0 Å². The van der Waals surface area contributed by atoms with Gasteiger partial charge in [0.25, 0.3) is 0 Å². The van der Waals surface area contributed by atoms with E-state index < -0.39 is 16.9 Å². The number of hydrogen-bond donors (Lipinski definition) is 2. The first-order valence-electron chi connectivity index (χ1n) is 7.56. The normalized spacial score (nSPS) is 19.7. The molecule has 1 unspecified atom stereocenters. The van der Waals surface area contributed by atoms with Gasteiger partial charge >= 0.3 is 5.97 Å². The lowest BCUT2D eigenvalue weighted by molar-refractivity contribution is -0.148. The quantitative estimate of drug-likeness (QED) is 0.876. The van der Waals surface area contributed by atoms with Crippen molar-refractivity contribution in [3.8, 4) is 0 Å². The SMILES string of the molecule is CCC(C)(NC(=O)C1(c2ccccc2)CCCC1)C(=O)O. The number of amides is 1. The number of aliphatic carboxylic acids is 1. The minimum atomic E-state index is -1.21. The van der Waals surface area contributed by atoms with Crippen LogP contribution in [0.1, 0.15) is 51.5 Å². The number of carbonyl (C=O) groups is 2. The highest BCUT2D eigenvalue weighted by atomic mass is 16.4. The second-order valence-electron chi connectivity index (χ2n) is 6.10. The summed E-state index contributed by atoms with van der Waals surface area (Å²) in [5, 5.41) is 12.1. The van der Waals surface area contributed by atoms with Crippen molar-refractivity contribution < 1.29 is 14.7 Å². The van der Waals surface area contributed by atoms with E-state index in [9.17, 15) is 14.7 Å². The van der Waals surface area contributed by atoms with Gasteiger partial charge in [-0.2, -0.15) is 0 Å². The van der Waals surface area contributed by atoms with Crippen molar-refractivity contribution in [1.82, 2.24) is 5.32 Å².